The lowest BCUT2D eigenvalue weighted by atomic mass is 9.76. The number of aromatic nitrogens is 1. The minimum absolute atomic E-state index is 0.448. The van der Waals surface area contributed by atoms with Crippen LogP contribution in [-0.2, 0) is 16.4 Å². The summed E-state index contributed by atoms with van der Waals surface area (Å²) >= 11 is 3.73. The number of nitrogens with two attached hydrogens (primary N) is 2. The predicted octanol–water partition coefficient (Wildman–Crippen LogP) is 9.63. The molecule has 246 valence electrons. The van der Waals surface area contributed by atoms with E-state index in [2.05, 4.69) is 130 Å². The fourth-order valence-electron chi connectivity index (χ4n) is 7.04. The number of nitrogens with one attached hydrogen (secondary N) is 1. The molecule has 6 heteroatoms. The lowest BCUT2D eigenvalue weighted by molar-refractivity contribution is 0.566. The summed E-state index contributed by atoms with van der Waals surface area (Å²) in [7, 11) is 0. The van der Waals surface area contributed by atoms with Crippen LogP contribution in [0.2, 0.25) is 0 Å². The van der Waals surface area contributed by atoms with Crippen LogP contribution in [0.15, 0.2) is 188 Å². The van der Waals surface area contributed by atoms with Crippen LogP contribution in [0.1, 0.15) is 38.9 Å². The van der Waals surface area contributed by atoms with Crippen LogP contribution in [-0.4, -0.2) is 4.98 Å². The Labute approximate surface area is 302 Å². The van der Waals surface area contributed by atoms with Crippen molar-refractivity contribution in [3.05, 3.63) is 227 Å². The number of rotatable bonds is 11. The van der Waals surface area contributed by atoms with Crippen molar-refractivity contribution in [2.45, 2.75) is 16.4 Å². The number of hydrogen-bond donors (Lipinski definition) is 3. The van der Waals surface area contributed by atoms with Crippen LogP contribution in [0.4, 0.5) is 17.3 Å². The highest BCUT2D eigenvalue weighted by Gasteiger charge is 2.43. The van der Waals surface area contributed by atoms with Crippen molar-refractivity contribution < 1.29 is 0 Å². The van der Waals surface area contributed by atoms with Crippen LogP contribution in [0.5, 0.6) is 0 Å². The second kappa shape index (κ2) is 14.4. The molecule has 5 N–H and O–H groups in total. The first kappa shape index (κ1) is 32.8. The Morgan fingerprint density at radius 3 is 1.16 bits per heavy atom. The number of alkyl halides is 1. The van der Waals surface area contributed by atoms with E-state index in [1.54, 1.807) is 5.01 Å². The van der Waals surface area contributed by atoms with Crippen molar-refractivity contribution in [3.8, 4) is 0 Å². The molecule has 0 aliphatic rings. The fourth-order valence-corrected chi connectivity index (χ4v) is 7.50. The van der Waals surface area contributed by atoms with E-state index in [1.807, 2.05) is 78.9 Å². The summed E-state index contributed by atoms with van der Waals surface area (Å²) in [6.45, 7) is 0. The molecule has 0 spiro atoms. The number of hydrazine groups is 1. The molecule has 6 aromatic carbocycles. The van der Waals surface area contributed by atoms with Crippen molar-refractivity contribution in [2.75, 3.05) is 16.1 Å². The molecule has 7 rings (SSSR count). The van der Waals surface area contributed by atoms with Crippen molar-refractivity contribution >= 4 is 33.3 Å². The molecule has 5 nitrogen and oxygen atoms in total. The third kappa shape index (κ3) is 5.83. The molecule has 1 heterocycles. The SMILES string of the molecule is Nc1c(CBr)cc(NC(c2ccccc2)(c2ccccc2)c2ccccc2)nc1N(N)C(c1ccccc1)(c1ccccc1)c1ccccc1. The van der Waals surface area contributed by atoms with E-state index in [4.69, 9.17) is 16.6 Å². The molecule has 0 bridgehead atoms. The molecule has 50 heavy (non-hydrogen) atoms. The summed E-state index contributed by atoms with van der Waals surface area (Å²) in [5, 5.41) is 6.19. The van der Waals surface area contributed by atoms with E-state index in [0.29, 0.717) is 22.7 Å². The van der Waals surface area contributed by atoms with Gasteiger partial charge in [-0.15, -0.1) is 0 Å². The summed E-state index contributed by atoms with van der Waals surface area (Å²) in [5.41, 5.74) is 12.7. The van der Waals surface area contributed by atoms with Gasteiger partial charge in [0.25, 0.3) is 0 Å². The first-order valence-electron chi connectivity index (χ1n) is 16.6. The van der Waals surface area contributed by atoms with E-state index < -0.39 is 11.1 Å². The molecule has 0 unspecified atom stereocenters. The minimum atomic E-state index is -0.984. The topological polar surface area (TPSA) is 80.2 Å². The molecule has 0 aliphatic carbocycles. The van der Waals surface area contributed by atoms with Crippen molar-refractivity contribution in [3.63, 3.8) is 0 Å². The third-order valence-corrected chi connectivity index (χ3v) is 9.97. The van der Waals surface area contributed by atoms with Crippen LogP contribution in [0.3, 0.4) is 0 Å². The second-order valence-electron chi connectivity index (χ2n) is 12.2. The van der Waals surface area contributed by atoms with Crippen LogP contribution >= 0.6 is 15.9 Å². The highest BCUT2D eigenvalue weighted by molar-refractivity contribution is 9.08. The van der Waals surface area contributed by atoms with E-state index in [0.717, 1.165) is 38.9 Å². The number of nitrogen functional groups attached to an aromatic ring is 1. The normalized spacial score (nSPS) is 11.6. The number of benzene rings is 6. The summed E-state index contributed by atoms with van der Waals surface area (Å²) in [6, 6.07) is 64.3. The van der Waals surface area contributed by atoms with Gasteiger partial charge in [0.15, 0.2) is 5.82 Å². The lowest BCUT2D eigenvalue weighted by Gasteiger charge is -2.44. The Balaban J connectivity index is 1.49. The Bertz CT molecular complexity index is 1940. The predicted molar refractivity (Wildman–Crippen MR) is 210 cm³/mol. The van der Waals surface area contributed by atoms with Gasteiger partial charge in [0.05, 0.1) is 5.69 Å². The number of nitrogens with zero attached hydrogens (tertiary/aromatic N) is 2. The van der Waals surface area contributed by atoms with Gasteiger partial charge in [0, 0.05) is 5.33 Å². The maximum Gasteiger partial charge on any atom is 0.170 e. The number of pyridine rings is 1. The number of hydrogen-bond acceptors (Lipinski definition) is 5. The first-order chi connectivity index (χ1) is 24.6. The van der Waals surface area contributed by atoms with Crippen molar-refractivity contribution in [1.29, 1.82) is 0 Å². The second-order valence-corrected chi connectivity index (χ2v) is 12.7. The zero-order valence-corrected chi connectivity index (χ0v) is 29.1. The fraction of sp³-hybridized carbons (Fsp3) is 0.0682. The van der Waals surface area contributed by atoms with Crippen molar-refractivity contribution in [2.24, 2.45) is 5.84 Å². The molecule has 0 fully saturated rings. The number of halogens is 1. The van der Waals surface area contributed by atoms with Crippen LogP contribution in [0.25, 0.3) is 0 Å². The van der Waals surface area contributed by atoms with Gasteiger partial charge in [0.2, 0.25) is 0 Å². The number of anilines is 3. The Hall–Kier alpha value is -5.69. The van der Waals surface area contributed by atoms with Gasteiger partial charge < -0.3 is 11.1 Å². The first-order valence-corrected chi connectivity index (χ1v) is 17.7. The molecule has 7 aromatic rings. The standard InChI is InChI=1S/C44H38BrN5/c45-32-33-31-40(49-43(34-19-7-1-8-20-34,35-21-9-2-10-22-35)36-23-11-3-12-24-36)48-42(41(33)46)50(47)44(37-25-13-4-14-26-37,38-27-15-5-16-28-38)39-29-17-6-18-30-39/h1-31H,32,46-47H2,(H,48,49). The lowest BCUT2D eigenvalue weighted by Crippen LogP contribution is -2.53. The quantitative estimate of drug-likeness (QED) is 0.0538. The molecule has 1 aromatic heterocycles. The monoisotopic (exact) mass is 715 g/mol. The average molecular weight is 717 g/mol. The van der Waals surface area contributed by atoms with Gasteiger partial charge in [-0.3, -0.25) is 5.01 Å². The van der Waals surface area contributed by atoms with Gasteiger partial charge in [-0.25, -0.2) is 10.8 Å². The molecular formula is C44H38BrN5. The molecule has 0 radical (unpaired) electrons. The molecule has 0 saturated carbocycles. The van der Waals surface area contributed by atoms with Gasteiger partial charge in [-0.2, -0.15) is 0 Å². The smallest absolute Gasteiger partial charge is 0.170 e. The zero-order valence-electron chi connectivity index (χ0n) is 27.5. The highest BCUT2D eigenvalue weighted by atomic mass is 79.9. The van der Waals surface area contributed by atoms with E-state index in [-0.39, 0.29) is 0 Å². The van der Waals surface area contributed by atoms with E-state index in [1.165, 1.54) is 0 Å². The van der Waals surface area contributed by atoms with E-state index >= 15 is 0 Å². The Morgan fingerprint density at radius 2 is 0.840 bits per heavy atom. The molecular weight excluding hydrogens is 678 g/mol. The molecule has 0 aliphatic heterocycles. The van der Waals surface area contributed by atoms with Gasteiger partial charge >= 0.3 is 0 Å². The molecule has 0 atom stereocenters. The minimum Gasteiger partial charge on any atom is -0.395 e. The molecule has 0 amide bonds. The van der Waals surface area contributed by atoms with E-state index in [9.17, 15) is 0 Å². The largest absolute Gasteiger partial charge is 0.395 e. The third-order valence-electron chi connectivity index (χ3n) is 9.37. The van der Waals surface area contributed by atoms with Crippen LogP contribution < -0.4 is 21.9 Å². The average Bonchev–Trinajstić information content (AvgIpc) is 3.20. The van der Waals surface area contributed by atoms with Crippen molar-refractivity contribution in [1.82, 2.24) is 4.98 Å². The summed E-state index contributed by atoms with van der Waals surface area (Å²) in [4.78, 5) is 5.33. The summed E-state index contributed by atoms with van der Waals surface area (Å²) < 4.78 is 0. The summed E-state index contributed by atoms with van der Waals surface area (Å²) in [5.74, 6) is 8.58. The Kier molecular flexibility index (Phi) is 9.47. The Morgan fingerprint density at radius 1 is 0.520 bits per heavy atom. The zero-order chi connectivity index (χ0) is 34.4. The maximum absolute atomic E-state index is 7.51. The van der Waals surface area contributed by atoms with Gasteiger partial charge in [-0.1, -0.05) is 198 Å². The van der Waals surface area contributed by atoms with Gasteiger partial charge in [-0.05, 0) is 45.0 Å². The van der Waals surface area contributed by atoms with Crippen LogP contribution in [0, 0.1) is 0 Å². The summed E-state index contributed by atoms with van der Waals surface area (Å²) in [6.07, 6.45) is 0. The molecule has 0 saturated heterocycles. The maximum atomic E-state index is 7.51. The van der Waals surface area contributed by atoms with Gasteiger partial charge in [0.1, 0.15) is 16.9 Å². The highest BCUT2D eigenvalue weighted by Crippen LogP contribution is 2.46.